The highest BCUT2D eigenvalue weighted by Crippen LogP contribution is 2.40. The number of alkyl halides is 5. The summed E-state index contributed by atoms with van der Waals surface area (Å²) in [6.45, 7) is 3.09. The van der Waals surface area contributed by atoms with Gasteiger partial charge in [-0.1, -0.05) is 27.7 Å². The zero-order chi connectivity index (χ0) is 17.0. The van der Waals surface area contributed by atoms with Crippen molar-refractivity contribution in [1.82, 2.24) is 0 Å². The molecule has 21 heavy (non-hydrogen) atoms. The van der Waals surface area contributed by atoms with Gasteiger partial charge < -0.3 is 14.8 Å². The second kappa shape index (κ2) is 8.66. The van der Waals surface area contributed by atoms with E-state index in [1.165, 1.54) is 13.8 Å². The molecular formula is C11H21BrF4O4S. The van der Waals surface area contributed by atoms with E-state index in [4.69, 9.17) is 10.2 Å². The third kappa shape index (κ3) is 7.27. The molecule has 0 aromatic heterocycles. The molecule has 0 aliphatic rings. The molecule has 1 atom stereocenters. The maximum absolute atomic E-state index is 12.6. The minimum Gasteiger partial charge on any atom is -0.768 e. The zero-order valence-electron chi connectivity index (χ0n) is 12.4. The number of hydrogen-bond acceptors (Lipinski definition) is 4. The topological polar surface area (TPSA) is 80.6 Å². The van der Waals surface area contributed by atoms with Gasteiger partial charge in [0.05, 0.1) is 24.0 Å². The normalized spacial score (nSPS) is 14.7. The summed E-state index contributed by atoms with van der Waals surface area (Å²) in [5.41, 5.74) is -3.31. The van der Waals surface area contributed by atoms with Crippen molar-refractivity contribution in [3.05, 3.63) is 7.43 Å². The Bertz CT molecular complexity index is 333. The molecule has 4 nitrogen and oxygen atoms in total. The van der Waals surface area contributed by atoms with Crippen LogP contribution in [0.5, 0.6) is 0 Å². The maximum atomic E-state index is 12.6. The molecule has 0 aromatic rings. The highest BCUT2D eigenvalue weighted by molar-refractivity contribution is 9.10. The van der Waals surface area contributed by atoms with Crippen LogP contribution in [0.2, 0.25) is 0 Å². The summed E-state index contributed by atoms with van der Waals surface area (Å²) in [4.78, 5) is -2.99. The number of aliphatic hydroxyl groups excluding tert-OH is 2. The Balaban J connectivity index is -0.000000300. The van der Waals surface area contributed by atoms with Crippen LogP contribution in [-0.2, 0) is 11.1 Å². The Morgan fingerprint density at radius 2 is 1.29 bits per heavy atom. The molecule has 0 aromatic carbocycles. The van der Waals surface area contributed by atoms with Crippen molar-refractivity contribution in [3.8, 4) is 0 Å². The van der Waals surface area contributed by atoms with Gasteiger partial charge in [-0.15, -0.1) is 0 Å². The second-order valence-corrected chi connectivity index (χ2v) is 7.31. The van der Waals surface area contributed by atoms with Gasteiger partial charge in [-0.25, -0.2) is 0 Å². The van der Waals surface area contributed by atoms with E-state index in [2.05, 4.69) is 15.9 Å². The summed E-state index contributed by atoms with van der Waals surface area (Å²) in [6.07, 6.45) is 0. The summed E-state index contributed by atoms with van der Waals surface area (Å²) in [6, 6.07) is 0. The molecule has 0 radical (unpaired) electrons. The van der Waals surface area contributed by atoms with E-state index in [0.29, 0.717) is 0 Å². The first-order valence-corrected chi connectivity index (χ1v) is 7.19. The monoisotopic (exact) mass is 404 g/mol. The van der Waals surface area contributed by atoms with Crippen LogP contribution in [0.25, 0.3) is 0 Å². The Morgan fingerprint density at radius 1 is 1.00 bits per heavy atom. The molecule has 1 unspecified atom stereocenters. The molecule has 0 amide bonds. The van der Waals surface area contributed by atoms with Crippen molar-refractivity contribution < 1.29 is 36.5 Å². The van der Waals surface area contributed by atoms with E-state index in [9.17, 15) is 26.3 Å². The van der Waals surface area contributed by atoms with Crippen molar-refractivity contribution in [2.45, 2.75) is 37.8 Å². The molecule has 2 N–H and O–H groups in total. The van der Waals surface area contributed by atoms with E-state index in [-0.39, 0.29) is 7.43 Å². The molecule has 0 rings (SSSR count). The van der Waals surface area contributed by atoms with Crippen LogP contribution in [0.15, 0.2) is 0 Å². The molecule has 10 heteroatoms. The van der Waals surface area contributed by atoms with Gasteiger partial charge in [0.25, 0.3) is 0 Å². The highest BCUT2D eigenvalue weighted by atomic mass is 79.9. The Kier molecular flexibility index (Phi) is 10.7. The number of halogens is 5. The average molecular weight is 405 g/mol. The van der Waals surface area contributed by atoms with Gasteiger partial charge in [-0.3, -0.25) is 4.21 Å². The quantitative estimate of drug-likeness (QED) is 0.319. The fraction of sp³-hybridized carbons (Fsp3) is 0.909. The molecule has 0 aliphatic heterocycles. The predicted octanol–water partition coefficient (Wildman–Crippen LogP) is 2.92. The van der Waals surface area contributed by atoms with Crippen molar-refractivity contribution in [1.29, 1.82) is 0 Å². The number of hydrogen-bond donors (Lipinski definition) is 2. The standard InChI is InChI=1S/C5H9BrF2O.C5H10F2O3S.CH3/c1-4(2,3-9)5(6,7)8;1-4(2,3-8)5(6,7)11(9)10;/h9H,3H2,1-2H3;8H,3H2,1-2H3,(H,9,10);1H3/q;;+1/p-1. The minimum atomic E-state index is -3.89. The van der Waals surface area contributed by atoms with Crippen molar-refractivity contribution >= 4 is 27.0 Å². The number of rotatable bonds is 5. The Labute approximate surface area is 133 Å². The molecule has 0 saturated carbocycles. The fourth-order valence-corrected chi connectivity index (χ4v) is 1.05. The third-order valence-corrected chi connectivity index (χ3v) is 4.60. The van der Waals surface area contributed by atoms with E-state index < -0.39 is 45.2 Å². The summed E-state index contributed by atoms with van der Waals surface area (Å²) in [5.74, 6) is 0. The highest BCUT2D eigenvalue weighted by Gasteiger charge is 2.47. The van der Waals surface area contributed by atoms with Crippen molar-refractivity contribution in [2.24, 2.45) is 10.8 Å². The third-order valence-electron chi connectivity index (χ3n) is 2.56. The van der Waals surface area contributed by atoms with Gasteiger partial charge in [0.1, 0.15) is 0 Å². The predicted molar refractivity (Wildman–Crippen MR) is 75.9 cm³/mol. The van der Waals surface area contributed by atoms with Gasteiger partial charge >= 0.3 is 10.1 Å². The molecular weight excluding hydrogens is 384 g/mol. The SMILES string of the molecule is CC(C)(CO)C(F)(F)Br.CC(C)(CO)C(F)(F)S(=O)[O-].[CH3+]. The first-order chi connectivity index (χ1) is 8.56. The molecule has 130 valence electrons. The second-order valence-electron chi connectivity index (χ2n) is 5.33. The molecule has 0 bridgehead atoms. The molecule has 0 saturated heterocycles. The van der Waals surface area contributed by atoms with Crippen LogP contribution >= 0.6 is 15.9 Å². The van der Waals surface area contributed by atoms with Crippen LogP contribution in [0.3, 0.4) is 0 Å². The lowest BCUT2D eigenvalue weighted by Gasteiger charge is -2.33. The smallest absolute Gasteiger partial charge is 0.316 e. The lowest BCUT2D eigenvalue weighted by Crippen LogP contribution is -2.42. The number of aliphatic hydroxyl groups is 2. The van der Waals surface area contributed by atoms with Crippen LogP contribution in [0.1, 0.15) is 27.7 Å². The van der Waals surface area contributed by atoms with Crippen molar-refractivity contribution in [3.63, 3.8) is 0 Å². The van der Waals surface area contributed by atoms with Crippen LogP contribution in [0.4, 0.5) is 17.6 Å². The van der Waals surface area contributed by atoms with E-state index >= 15 is 0 Å². The Morgan fingerprint density at radius 3 is 1.33 bits per heavy atom. The first kappa shape index (κ1) is 26.0. The van der Waals surface area contributed by atoms with Gasteiger partial charge in [0.2, 0.25) is 0 Å². The molecule has 0 aliphatic carbocycles. The van der Waals surface area contributed by atoms with E-state index in [1.54, 1.807) is 0 Å². The first-order valence-electron chi connectivity index (χ1n) is 5.32. The minimum absolute atomic E-state index is 0. The summed E-state index contributed by atoms with van der Waals surface area (Å²) in [5, 5.41) is 13.0. The average Bonchev–Trinajstić information content (AvgIpc) is 2.27. The molecule has 0 spiro atoms. The van der Waals surface area contributed by atoms with Crippen LogP contribution < -0.4 is 0 Å². The van der Waals surface area contributed by atoms with Crippen LogP contribution in [-0.4, -0.2) is 42.3 Å². The van der Waals surface area contributed by atoms with Gasteiger partial charge in [-0.05, 0) is 15.9 Å². The summed E-state index contributed by atoms with van der Waals surface area (Å²) >= 11 is -1.32. The molecule has 0 fully saturated rings. The summed E-state index contributed by atoms with van der Waals surface area (Å²) < 4.78 is 69.5. The van der Waals surface area contributed by atoms with Gasteiger partial charge in [0.15, 0.2) is 0 Å². The zero-order valence-corrected chi connectivity index (χ0v) is 14.8. The lowest BCUT2D eigenvalue weighted by atomic mass is 9.95. The van der Waals surface area contributed by atoms with E-state index in [0.717, 1.165) is 13.8 Å². The lowest BCUT2D eigenvalue weighted by molar-refractivity contribution is -0.0573. The fourth-order valence-electron chi connectivity index (χ4n) is 0.407. The Hall–Kier alpha value is 0.1000. The molecule has 0 heterocycles. The maximum Gasteiger partial charge on any atom is 0.316 e. The van der Waals surface area contributed by atoms with Gasteiger partial charge in [0, 0.05) is 18.5 Å². The van der Waals surface area contributed by atoms with Crippen LogP contribution in [0, 0.1) is 18.3 Å². The van der Waals surface area contributed by atoms with Crippen molar-refractivity contribution in [2.75, 3.05) is 13.2 Å². The summed E-state index contributed by atoms with van der Waals surface area (Å²) in [7, 11) is 0. The largest absolute Gasteiger partial charge is 0.768 e. The van der Waals surface area contributed by atoms with E-state index in [1.807, 2.05) is 0 Å². The van der Waals surface area contributed by atoms with Gasteiger partial charge in [-0.2, -0.15) is 17.6 Å².